The second-order valence-electron chi connectivity index (χ2n) is 4.18. The molecule has 0 spiro atoms. The molecule has 0 aromatic carbocycles. The quantitative estimate of drug-likeness (QED) is 0.408. The van der Waals surface area contributed by atoms with Crippen molar-refractivity contribution in [2.45, 2.75) is 49.3 Å². The molecule has 1 aliphatic rings. The minimum atomic E-state index is -1.45. The van der Waals surface area contributed by atoms with Gasteiger partial charge in [0.15, 0.2) is 0 Å². The molecule has 7 heteroatoms. The SMILES string of the molecule is CCC(SC)N1C(O)[C@H](O)[C@@H](O)[C@@H](O)[C@H]1CO. The van der Waals surface area contributed by atoms with E-state index in [1.165, 1.54) is 16.7 Å². The second-order valence-corrected chi connectivity index (χ2v) is 5.20. The van der Waals surface area contributed by atoms with Crippen LogP contribution >= 0.6 is 11.8 Å². The van der Waals surface area contributed by atoms with Crippen molar-refractivity contribution in [2.24, 2.45) is 0 Å². The first kappa shape index (κ1) is 15.2. The summed E-state index contributed by atoms with van der Waals surface area (Å²) in [6, 6.07) is -0.777. The highest BCUT2D eigenvalue weighted by Gasteiger charge is 2.48. The van der Waals surface area contributed by atoms with Crippen LogP contribution in [0.1, 0.15) is 13.3 Å². The molecule has 2 unspecified atom stereocenters. The molecule has 1 heterocycles. The van der Waals surface area contributed by atoms with Crippen LogP contribution in [0, 0.1) is 0 Å². The highest BCUT2D eigenvalue weighted by molar-refractivity contribution is 7.99. The molecule has 0 saturated carbocycles. The van der Waals surface area contributed by atoms with E-state index in [1.807, 2.05) is 13.2 Å². The van der Waals surface area contributed by atoms with E-state index in [0.717, 1.165) is 0 Å². The van der Waals surface area contributed by atoms with Gasteiger partial charge in [-0.2, -0.15) is 0 Å². The number of aliphatic hydroxyl groups excluding tert-OH is 5. The molecule has 1 aliphatic heterocycles. The predicted molar refractivity (Wildman–Crippen MR) is 64.3 cm³/mol. The Morgan fingerprint density at radius 2 is 1.71 bits per heavy atom. The first-order valence-electron chi connectivity index (χ1n) is 5.62. The van der Waals surface area contributed by atoms with E-state index in [1.54, 1.807) is 0 Å². The Labute approximate surface area is 105 Å². The summed E-state index contributed by atoms with van der Waals surface area (Å²) in [4.78, 5) is 1.46. The molecule has 0 amide bonds. The van der Waals surface area contributed by atoms with Crippen molar-refractivity contribution in [1.29, 1.82) is 0 Å². The summed E-state index contributed by atoms with van der Waals surface area (Å²) in [7, 11) is 0. The standard InChI is InChI=1S/C10H21NO5S/c1-3-6(17-2)11-5(4-12)7(13)8(14)9(15)10(11)16/h5-10,12-16H,3-4H2,1-2H3/t5-,6?,7+,8+,9-,10?/m1/s1. The maximum absolute atomic E-state index is 9.94. The Hall–Kier alpha value is 0.110. The van der Waals surface area contributed by atoms with Crippen LogP contribution < -0.4 is 0 Å². The number of likely N-dealkylation sites (tertiary alicyclic amines) is 1. The van der Waals surface area contributed by atoms with Crippen LogP contribution in [0.25, 0.3) is 0 Å². The van der Waals surface area contributed by atoms with Crippen molar-refractivity contribution < 1.29 is 25.5 Å². The third kappa shape index (κ3) is 2.76. The minimum Gasteiger partial charge on any atom is -0.395 e. The molecular formula is C10H21NO5S. The van der Waals surface area contributed by atoms with E-state index in [9.17, 15) is 25.5 Å². The van der Waals surface area contributed by atoms with Crippen molar-refractivity contribution >= 4 is 11.8 Å². The molecule has 102 valence electrons. The summed E-state index contributed by atoms with van der Waals surface area (Å²) in [5.41, 5.74) is 0. The average molecular weight is 267 g/mol. The van der Waals surface area contributed by atoms with Gasteiger partial charge in [0.25, 0.3) is 0 Å². The van der Waals surface area contributed by atoms with Crippen molar-refractivity contribution in [3.8, 4) is 0 Å². The van der Waals surface area contributed by atoms with Crippen LogP contribution in [0.5, 0.6) is 0 Å². The number of piperidine rings is 1. The first-order chi connectivity index (χ1) is 7.99. The fraction of sp³-hybridized carbons (Fsp3) is 1.00. The van der Waals surface area contributed by atoms with Gasteiger partial charge in [-0.25, -0.2) is 0 Å². The van der Waals surface area contributed by atoms with Gasteiger partial charge in [-0.3, -0.25) is 4.90 Å². The highest BCUT2D eigenvalue weighted by atomic mass is 32.2. The molecule has 1 saturated heterocycles. The number of rotatable bonds is 4. The maximum Gasteiger partial charge on any atom is 0.137 e. The Bertz CT molecular complexity index is 241. The first-order valence-corrected chi connectivity index (χ1v) is 6.91. The summed E-state index contributed by atoms with van der Waals surface area (Å²) < 4.78 is 0. The molecule has 0 aromatic heterocycles. The largest absolute Gasteiger partial charge is 0.395 e. The van der Waals surface area contributed by atoms with Crippen LogP contribution in [-0.2, 0) is 0 Å². The number of hydrogen-bond acceptors (Lipinski definition) is 7. The van der Waals surface area contributed by atoms with Crippen molar-refractivity contribution in [3.05, 3.63) is 0 Å². The van der Waals surface area contributed by atoms with E-state index in [0.29, 0.717) is 6.42 Å². The van der Waals surface area contributed by atoms with Gasteiger partial charge in [-0.1, -0.05) is 6.92 Å². The zero-order valence-corrected chi connectivity index (χ0v) is 10.8. The third-order valence-electron chi connectivity index (χ3n) is 3.23. The van der Waals surface area contributed by atoms with E-state index < -0.39 is 30.6 Å². The van der Waals surface area contributed by atoms with Gasteiger partial charge in [-0.15, -0.1) is 11.8 Å². The topological polar surface area (TPSA) is 104 Å². The Kier molecular flexibility index (Phi) is 5.65. The Morgan fingerprint density at radius 1 is 1.12 bits per heavy atom. The average Bonchev–Trinajstić information content (AvgIpc) is 2.34. The third-order valence-corrected chi connectivity index (χ3v) is 4.35. The summed E-state index contributed by atoms with van der Waals surface area (Å²) >= 11 is 1.46. The molecule has 1 fully saturated rings. The van der Waals surface area contributed by atoms with Crippen molar-refractivity contribution in [2.75, 3.05) is 12.9 Å². The lowest BCUT2D eigenvalue weighted by molar-refractivity contribution is -0.225. The fourth-order valence-electron chi connectivity index (χ4n) is 2.24. The van der Waals surface area contributed by atoms with Crippen LogP contribution in [0.2, 0.25) is 0 Å². The van der Waals surface area contributed by atoms with E-state index >= 15 is 0 Å². The lowest BCUT2D eigenvalue weighted by Crippen LogP contribution is -2.68. The van der Waals surface area contributed by atoms with Gasteiger partial charge in [0.05, 0.1) is 18.0 Å². The highest BCUT2D eigenvalue weighted by Crippen LogP contribution is 2.30. The van der Waals surface area contributed by atoms with E-state index in [-0.39, 0.29) is 12.0 Å². The van der Waals surface area contributed by atoms with E-state index in [2.05, 4.69) is 0 Å². The van der Waals surface area contributed by atoms with Crippen LogP contribution in [-0.4, -0.2) is 79.3 Å². The molecular weight excluding hydrogens is 246 g/mol. The second kappa shape index (κ2) is 6.33. The van der Waals surface area contributed by atoms with Gasteiger partial charge >= 0.3 is 0 Å². The van der Waals surface area contributed by atoms with Crippen molar-refractivity contribution in [1.82, 2.24) is 4.90 Å². The Balaban J connectivity index is 2.97. The van der Waals surface area contributed by atoms with Gasteiger partial charge in [0, 0.05) is 0 Å². The summed E-state index contributed by atoms with van der Waals surface area (Å²) in [6.07, 6.45) is -2.92. The number of hydrogen-bond donors (Lipinski definition) is 5. The summed E-state index contributed by atoms with van der Waals surface area (Å²) in [6.45, 7) is 1.52. The molecule has 0 aliphatic carbocycles. The molecule has 1 rings (SSSR count). The number of nitrogens with zero attached hydrogens (tertiary/aromatic N) is 1. The van der Waals surface area contributed by atoms with Gasteiger partial charge in [0.2, 0.25) is 0 Å². The molecule has 17 heavy (non-hydrogen) atoms. The normalized spacial score (nSPS) is 41.5. The van der Waals surface area contributed by atoms with Gasteiger partial charge < -0.3 is 25.5 Å². The summed E-state index contributed by atoms with van der Waals surface area (Å²) in [5.74, 6) is 0. The van der Waals surface area contributed by atoms with Crippen LogP contribution in [0.15, 0.2) is 0 Å². The van der Waals surface area contributed by atoms with Gasteiger partial charge in [-0.05, 0) is 12.7 Å². The monoisotopic (exact) mass is 267 g/mol. The number of aliphatic hydroxyl groups is 5. The van der Waals surface area contributed by atoms with Gasteiger partial charge in [0.1, 0.15) is 24.5 Å². The maximum atomic E-state index is 9.94. The molecule has 6 atom stereocenters. The van der Waals surface area contributed by atoms with Crippen molar-refractivity contribution in [3.63, 3.8) is 0 Å². The summed E-state index contributed by atoms with van der Waals surface area (Å²) in [5, 5.41) is 48.1. The molecule has 0 radical (unpaired) electrons. The smallest absolute Gasteiger partial charge is 0.137 e. The van der Waals surface area contributed by atoms with Crippen LogP contribution in [0.4, 0.5) is 0 Å². The zero-order valence-electron chi connectivity index (χ0n) is 9.97. The molecule has 0 aromatic rings. The molecule has 0 bridgehead atoms. The van der Waals surface area contributed by atoms with Crippen LogP contribution in [0.3, 0.4) is 0 Å². The zero-order chi connectivity index (χ0) is 13.2. The Morgan fingerprint density at radius 3 is 2.12 bits per heavy atom. The molecule has 6 nitrogen and oxygen atoms in total. The number of thioether (sulfide) groups is 1. The lowest BCUT2D eigenvalue weighted by Gasteiger charge is -2.49. The van der Waals surface area contributed by atoms with E-state index in [4.69, 9.17) is 0 Å². The fourth-order valence-corrected chi connectivity index (χ4v) is 3.10. The minimum absolute atomic E-state index is 0.140. The predicted octanol–water partition coefficient (Wildman–Crippen LogP) is -1.84. The lowest BCUT2D eigenvalue weighted by atomic mass is 9.92. The molecule has 5 N–H and O–H groups in total.